The average molecular weight is 243 g/mol. The number of carboxylic acid groups (broad SMARTS) is 1. The van der Waals surface area contributed by atoms with Gasteiger partial charge < -0.3 is 10.0 Å². The molecule has 4 nitrogen and oxygen atoms in total. The SMILES string of the molecule is CN(C(=O)O)C1CSc2sccc2C1=O. The number of carbonyl (C=O) groups excluding carboxylic acids is 1. The normalized spacial score (nSPS) is 19.8. The zero-order chi connectivity index (χ0) is 11.0. The van der Waals surface area contributed by atoms with Crippen LogP contribution in [-0.4, -0.2) is 40.7 Å². The van der Waals surface area contributed by atoms with E-state index in [1.807, 2.05) is 5.38 Å². The second kappa shape index (κ2) is 3.86. The van der Waals surface area contributed by atoms with E-state index in [1.165, 1.54) is 18.4 Å². The molecular formula is C9H9NO3S2. The van der Waals surface area contributed by atoms with Gasteiger partial charge in [-0.3, -0.25) is 4.79 Å². The highest BCUT2D eigenvalue weighted by Gasteiger charge is 2.33. The fourth-order valence-electron chi connectivity index (χ4n) is 1.42. The van der Waals surface area contributed by atoms with Crippen LogP contribution in [-0.2, 0) is 0 Å². The molecule has 0 radical (unpaired) electrons. The summed E-state index contributed by atoms with van der Waals surface area (Å²) in [5, 5.41) is 10.7. The van der Waals surface area contributed by atoms with E-state index < -0.39 is 12.1 Å². The van der Waals surface area contributed by atoms with Gasteiger partial charge in [0.25, 0.3) is 0 Å². The van der Waals surface area contributed by atoms with Gasteiger partial charge in [-0.15, -0.1) is 23.1 Å². The molecule has 0 spiro atoms. The minimum Gasteiger partial charge on any atom is -0.465 e. The van der Waals surface area contributed by atoms with Crippen LogP contribution in [0.4, 0.5) is 4.79 Å². The Morgan fingerprint density at radius 2 is 2.40 bits per heavy atom. The van der Waals surface area contributed by atoms with Gasteiger partial charge in [0.2, 0.25) is 0 Å². The van der Waals surface area contributed by atoms with E-state index in [2.05, 4.69) is 0 Å². The van der Waals surface area contributed by atoms with Gasteiger partial charge in [-0.1, -0.05) is 0 Å². The lowest BCUT2D eigenvalue weighted by molar-refractivity contribution is 0.0844. The summed E-state index contributed by atoms with van der Waals surface area (Å²) in [4.78, 5) is 23.8. The Kier molecular flexibility index (Phi) is 2.70. The van der Waals surface area contributed by atoms with Crippen LogP contribution in [0, 0.1) is 0 Å². The standard InChI is InChI=1S/C9H9NO3S2/c1-10(9(12)13)6-4-15-8-5(7(6)11)2-3-14-8/h2-3,6H,4H2,1H3,(H,12,13). The minimum atomic E-state index is -1.06. The molecule has 0 aliphatic carbocycles. The number of thiophene rings is 1. The third-order valence-electron chi connectivity index (χ3n) is 2.34. The Morgan fingerprint density at radius 3 is 3.07 bits per heavy atom. The molecule has 0 saturated carbocycles. The van der Waals surface area contributed by atoms with Crippen LogP contribution in [0.2, 0.25) is 0 Å². The second-order valence-corrected chi connectivity index (χ2v) is 5.41. The number of likely N-dealkylation sites (N-methyl/N-ethyl adjacent to an activating group) is 1. The van der Waals surface area contributed by atoms with Crippen molar-refractivity contribution >= 4 is 35.0 Å². The highest BCUT2D eigenvalue weighted by molar-refractivity contribution is 8.01. The van der Waals surface area contributed by atoms with E-state index in [0.717, 1.165) is 9.11 Å². The number of thioether (sulfide) groups is 1. The van der Waals surface area contributed by atoms with Gasteiger partial charge in [0.15, 0.2) is 5.78 Å². The number of nitrogens with zero attached hydrogens (tertiary/aromatic N) is 1. The summed E-state index contributed by atoms with van der Waals surface area (Å²) in [5.41, 5.74) is 0.661. The number of rotatable bonds is 1. The van der Waals surface area contributed by atoms with Gasteiger partial charge in [0, 0.05) is 18.4 Å². The fraction of sp³-hybridized carbons (Fsp3) is 0.333. The van der Waals surface area contributed by atoms with Crippen molar-refractivity contribution < 1.29 is 14.7 Å². The van der Waals surface area contributed by atoms with Crippen molar-refractivity contribution in [3.05, 3.63) is 17.0 Å². The molecule has 0 bridgehead atoms. The number of Topliss-reactive ketones (excluding diaryl/α,β-unsaturated/α-hetero) is 1. The maximum Gasteiger partial charge on any atom is 0.407 e. The Hall–Kier alpha value is -1.01. The largest absolute Gasteiger partial charge is 0.465 e. The van der Waals surface area contributed by atoms with Crippen LogP contribution in [0.15, 0.2) is 15.7 Å². The first-order valence-electron chi connectivity index (χ1n) is 4.31. The monoisotopic (exact) mass is 243 g/mol. The maximum absolute atomic E-state index is 11.9. The summed E-state index contributed by atoms with van der Waals surface area (Å²) in [6.07, 6.45) is -1.06. The van der Waals surface area contributed by atoms with Crippen molar-refractivity contribution in [3.63, 3.8) is 0 Å². The van der Waals surface area contributed by atoms with Crippen LogP contribution in [0.5, 0.6) is 0 Å². The molecule has 1 aliphatic heterocycles. The smallest absolute Gasteiger partial charge is 0.407 e. The molecule has 15 heavy (non-hydrogen) atoms. The van der Waals surface area contributed by atoms with Crippen molar-refractivity contribution in [2.24, 2.45) is 0 Å². The van der Waals surface area contributed by atoms with Crippen molar-refractivity contribution in [3.8, 4) is 0 Å². The zero-order valence-corrected chi connectivity index (χ0v) is 9.60. The lowest BCUT2D eigenvalue weighted by Crippen LogP contribution is -2.44. The molecule has 0 fully saturated rings. The molecule has 1 atom stereocenters. The van der Waals surface area contributed by atoms with Gasteiger partial charge in [0.05, 0.1) is 4.21 Å². The molecular weight excluding hydrogens is 234 g/mol. The lowest BCUT2D eigenvalue weighted by atomic mass is 10.1. The van der Waals surface area contributed by atoms with E-state index in [9.17, 15) is 9.59 Å². The number of amides is 1. The molecule has 1 N–H and O–H groups in total. The first kappa shape index (κ1) is 10.5. The number of ketones is 1. The Bertz CT molecular complexity index is 415. The predicted octanol–water partition coefficient (Wildman–Crippen LogP) is 2.01. The number of hydrogen-bond acceptors (Lipinski definition) is 4. The van der Waals surface area contributed by atoms with E-state index in [4.69, 9.17) is 5.11 Å². The van der Waals surface area contributed by atoms with Crippen LogP contribution in [0.1, 0.15) is 10.4 Å². The minimum absolute atomic E-state index is 0.0881. The molecule has 1 aromatic rings. The van der Waals surface area contributed by atoms with E-state index >= 15 is 0 Å². The highest BCUT2D eigenvalue weighted by atomic mass is 32.2. The Balaban J connectivity index is 2.27. The van der Waals surface area contributed by atoms with Gasteiger partial charge in [-0.2, -0.15) is 0 Å². The zero-order valence-electron chi connectivity index (χ0n) is 7.97. The van der Waals surface area contributed by atoms with Crippen molar-refractivity contribution in [1.82, 2.24) is 4.90 Å². The quantitative estimate of drug-likeness (QED) is 0.819. The molecule has 2 heterocycles. The maximum atomic E-state index is 11.9. The Morgan fingerprint density at radius 1 is 1.67 bits per heavy atom. The van der Waals surface area contributed by atoms with E-state index in [-0.39, 0.29) is 5.78 Å². The molecule has 1 amide bonds. The highest BCUT2D eigenvalue weighted by Crippen LogP contribution is 2.35. The van der Waals surface area contributed by atoms with Crippen molar-refractivity contribution in [2.45, 2.75) is 10.3 Å². The van der Waals surface area contributed by atoms with Crippen LogP contribution in [0.3, 0.4) is 0 Å². The fourth-order valence-corrected chi connectivity index (χ4v) is 3.70. The summed E-state index contributed by atoms with van der Waals surface area (Å²) in [7, 11) is 1.43. The molecule has 2 rings (SSSR count). The third kappa shape index (κ3) is 1.74. The van der Waals surface area contributed by atoms with E-state index in [1.54, 1.807) is 17.8 Å². The van der Waals surface area contributed by atoms with Crippen molar-refractivity contribution in [2.75, 3.05) is 12.8 Å². The van der Waals surface area contributed by atoms with E-state index in [0.29, 0.717) is 11.3 Å². The topological polar surface area (TPSA) is 57.6 Å². The number of fused-ring (bicyclic) bond motifs is 1. The average Bonchev–Trinajstić information content (AvgIpc) is 2.66. The van der Waals surface area contributed by atoms with Gasteiger partial charge >= 0.3 is 6.09 Å². The summed E-state index contributed by atoms with van der Waals surface area (Å²) < 4.78 is 0.995. The molecule has 0 aromatic carbocycles. The van der Waals surface area contributed by atoms with Gasteiger partial charge in [-0.25, -0.2) is 4.79 Å². The second-order valence-electron chi connectivity index (χ2n) is 3.21. The molecule has 80 valence electrons. The summed E-state index contributed by atoms with van der Waals surface area (Å²) >= 11 is 3.07. The molecule has 1 aromatic heterocycles. The Labute approximate surface area is 94.9 Å². The van der Waals surface area contributed by atoms with Gasteiger partial charge in [0.1, 0.15) is 6.04 Å². The van der Waals surface area contributed by atoms with Crippen LogP contribution in [0.25, 0.3) is 0 Å². The van der Waals surface area contributed by atoms with Crippen molar-refractivity contribution in [1.29, 1.82) is 0 Å². The lowest BCUT2D eigenvalue weighted by Gasteiger charge is -2.27. The molecule has 1 unspecified atom stereocenters. The number of hydrogen-bond donors (Lipinski definition) is 1. The van der Waals surface area contributed by atoms with Crippen LogP contribution >= 0.6 is 23.1 Å². The summed E-state index contributed by atoms with van der Waals surface area (Å²) in [6, 6.07) is 1.21. The number of carbonyl (C=O) groups is 2. The molecule has 0 saturated heterocycles. The summed E-state index contributed by atoms with van der Waals surface area (Å²) in [6.45, 7) is 0. The predicted molar refractivity (Wildman–Crippen MR) is 58.9 cm³/mol. The first-order valence-corrected chi connectivity index (χ1v) is 6.18. The third-order valence-corrected chi connectivity index (χ3v) is 4.65. The first-order chi connectivity index (χ1) is 7.11. The van der Waals surface area contributed by atoms with Crippen LogP contribution < -0.4 is 0 Å². The molecule has 1 aliphatic rings. The summed E-state index contributed by atoms with van der Waals surface area (Å²) in [5.74, 6) is 0.421. The van der Waals surface area contributed by atoms with Gasteiger partial charge in [-0.05, 0) is 11.4 Å². The molecule has 6 heteroatoms.